The Kier molecular flexibility index (Phi) is 3.76. The van der Waals surface area contributed by atoms with Gasteiger partial charge in [0.05, 0.1) is 0 Å². The fourth-order valence-corrected chi connectivity index (χ4v) is 1.53. The fourth-order valence-electron chi connectivity index (χ4n) is 1.53. The van der Waals surface area contributed by atoms with E-state index in [1.807, 2.05) is 0 Å². The van der Waals surface area contributed by atoms with Gasteiger partial charge in [-0.05, 0) is 38.8 Å². The van der Waals surface area contributed by atoms with E-state index < -0.39 is 0 Å². The van der Waals surface area contributed by atoms with Crippen LogP contribution in [0.3, 0.4) is 0 Å². The third-order valence-electron chi connectivity index (χ3n) is 2.17. The molecule has 1 atom stereocenters. The third kappa shape index (κ3) is 2.67. The molecule has 1 heterocycles. The Morgan fingerprint density at radius 2 is 2.30 bits per heavy atom. The maximum absolute atomic E-state index is 5.42. The quantitative estimate of drug-likeness (QED) is 0.613. The van der Waals surface area contributed by atoms with Crippen LogP contribution < -0.4 is 11.1 Å². The molecule has 2 heteroatoms. The van der Waals surface area contributed by atoms with Gasteiger partial charge in [0, 0.05) is 6.04 Å². The minimum Gasteiger partial charge on any atom is -0.330 e. The number of nitrogens with two attached hydrogens (primary N) is 1. The van der Waals surface area contributed by atoms with Crippen molar-refractivity contribution in [2.24, 2.45) is 5.73 Å². The maximum Gasteiger partial charge on any atom is 0.00675 e. The second-order valence-electron chi connectivity index (χ2n) is 3.08. The summed E-state index contributed by atoms with van der Waals surface area (Å²) in [5.41, 5.74) is 5.42. The summed E-state index contributed by atoms with van der Waals surface area (Å²) in [5, 5.41) is 3.50. The largest absolute Gasteiger partial charge is 0.330 e. The second-order valence-corrected chi connectivity index (χ2v) is 3.08. The number of piperidine rings is 1. The van der Waals surface area contributed by atoms with E-state index in [0.717, 1.165) is 12.6 Å². The minimum atomic E-state index is 0.775. The van der Waals surface area contributed by atoms with E-state index in [-0.39, 0.29) is 0 Å². The molecule has 0 spiro atoms. The van der Waals surface area contributed by atoms with E-state index in [9.17, 15) is 0 Å². The molecule has 0 unspecified atom stereocenters. The normalized spacial score (nSPS) is 26.7. The molecule has 1 rings (SSSR count). The third-order valence-corrected chi connectivity index (χ3v) is 2.17. The summed E-state index contributed by atoms with van der Waals surface area (Å²) in [6.07, 6.45) is 6.58. The van der Waals surface area contributed by atoms with Gasteiger partial charge in [0.25, 0.3) is 0 Å². The molecular formula is C8H18N2. The molecule has 3 N–H and O–H groups in total. The Balaban J connectivity index is 2.02. The van der Waals surface area contributed by atoms with Crippen molar-refractivity contribution >= 4 is 0 Å². The van der Waals surface area contributed by atoms with Crippen molar-refractivity contribution in [2.75, 3.05) is 13.1 Å². The number of rotatable bonds is 3. The Bertz CT molecular complexity index is 77.3. The number of nitrogens with one attached hydrogen (secondary N) is 1. The predicted octanol–water partition coefficient (Wildman–Crippen LogP) is 0.867. The highest BCUT2D eigenvalue weighted by molar-refractivity contribution is 4.71. The van der Waals surface area contributed by atoms with E-state index in [2.05, 4.69) is 5.32 Å². The van der Waals surface area contributed by atoms with Gasteiger partial charge in [-0.25, -0.2) is 0 Å². The van der Waals surface area contributed by atoms with Gasteiger partial charge in [-0.1, -0.05) is 6.42 Å². The lowest BCUT2D eigenvalue weighted by Crippen LogP contribution is -2.34. The first kappa shape index (κ1) is 8.02. The van der Waals surface area contributed by atoms with Crippen molar-refractivity contribution in [3.05, 3.63) is 0 Å². The van der Waals surface area contributed by atoms with Gasteiger partial charge in [-0.15, -0.1) is 0 Å². The van der Waals surface area contributed by atoms with Crippen molar-refractivity contribution < 1.29 is 0 Å². The van der Waals surface area contributed by atoms with Crippen LogP contribution in [-0.2, 0) is 0 Å². The van der Waals surface area contributed by atoms with Crippen molar-refractivity contribution in [1.29, 1.82) is 0 Å². The van der Waals surface area contributed by atoms with Crippen LogP contribution in [0.5, 0.6) is 0 Å². The lowest BCUT2D eigenvalue weighted by Gasteiger charge is -2.22. The van der Waals surface area contributed by atoms with Crippen LogP contribution in [0, 0.1) is 0 Å². The van der Waals surface area contributed by atoms with Gasteiger partial charge >= 0.3 is 0 Å². The second kappa shape index (κ2) is 4.69. The molecule has 0 amide bonds. The molecule has 0 aromatic rings. The van der Waals surface area contributed by atoms with Crippen LogP contribution >= 0.6 is 0 Å². The van der Waals surface area contributed by atoms with E-state index in [1.165, 1.54) is 38.6 Å². The molecule has 1 aliphatic rings. The van der Waals surface area contributed by atoms with Gasteiger partial charge in [0.2, 0.25) is 0 Å². The molecule has 10 heavy (non-hydrogen) atoms. The minimum absolute atomic E-state index is 0.775. The van der Waals surface area contributed by atoms with E-state index >= 15 is 0 Å². The maximum atomic E-state index is 5.42. The average Bonchev–Trinajstić information content (AvgIpc) is 2.03. The summed E-state index contributed by atoms with van der Waals surface area (Å²) < 4.78 is 0. The standard InChI is InChI=1S/C8H18N2/c9-6-3-5-8-4-1-2-7-10-8/h8,10H,1-7,9H2/t8-/m1/s1. The van der Waals surface area contributed by atoms with E-state index in [0.29, 0.717) is 0 Å². The molecule has 1 fully saturated rings. The Morgan fingerprint density at radius 3 is 2.90 bits per heavy atom. The highest BCUT2D eigenvalue weighted by Crippen LogP contribution is 2.10. The molecule has 1 saturated heterocycles. The van der Waals surface area contributed by atoms with Crippen LogP contribution in [0.25, 0.3) is 0 Å². The van der Waals surface area contributed by atoms with Crippen LogP contribution in [0.4, 0.5) is 0 Å². The van der Waals surface area contributed by atoms with Crippen LogP contribution in [0.15, 0.2) is 0 Å². The lowest BCUT2D eigenvalue weighted by molar-refractivity contribution is 0.377. The zero-order valence-corrected chi connectivity index (χ0v) is 6.60. The van der Waals surface area contributed by atoms with Crippen LogP contribution in [0.1, 0.15) is 32.1 Å². The zero-order chi connectivity index (χ0) is 7.23. The van der Waals surface area contributed by atoms with Gasteiger partial charge in [0.1, 0.15) is 0 Å². The molecule has 0 bridgehead atoms. The highest BCUT2D eigenvalue weighted by atomic mass is 14.9. The van der Waals surface area contributed by atoms with Gasteiger partial charge in [-0.2, -0.15) is 0 Å². The number of hydrogen-bond donors (Lipinski definition) is 2. The number of hydrogen-bond acceptors (Lipinski definition) is 2. The first-order chi connectivity index (χ1) is 4.93. The van der Waals surface area contributed by atoms with Crippen molar-refractivity contribution in [1.82, 2.24) is 5.32 Å². The summed E-state index contributed by atoms with van der Waals surface area (Å²) in [5.74, 6) is 0. The first-order valence-electron chi connectivity index (χ1n) is 4.37. The zero-order valence-electron chi connectivity index (χ0n) is 6.60. The molecule has 60 valence electrons. The van der Waals surface area contributed by atoms with Crippen molar-refractivity contribution in [3.63, 3.8) is 0 Å². The molecule has 0 aromatic carbocycles. The first-order valence-corrected chi connectivity index (χ1v) is 4.37. The molecule has 0 saturated carbocycles. The van der Waals surface area contributed by atoms with Gasteiger partial charge in [0.15, 0.2) is 0 Å². The monoisotopic (exact) mass is 142 g/mol. The lowest BCUT2D eigenvalue weighted by atomic mass is 10.0. The summed E-state index contributed by atoms with van der Waals surface area (Å²) in [7, 11) is 0. The molecule has 0 radical (unpaired) electrons. The summed E-state index contributed by atoms with van der Waals surface area (Å²) in [4.78, 5) is 0. The highest BCUT2D eigenvalue weighted by Gasteiger charge is 2.10. The Labute approximate surface area is 63.2 Å². The Morgan fingerprint density at radius 1 is 1.40 bits per heavy atom. The average molecular weight is 142 g/mol. The molecule has 0 aliphatic carbocycles. The van der Waals surface area contributed by atoms with Crippen molar-refractivity contribution in [3.8, 4) is 0 Å². The SMILES string of the molecule is NCCC[C@H]1CCCCN1. The summed E-state index contributed by atoms with van der Waals surface area (Å²) in [6, 6.07) is 0.775. The smallest absolute Gasteiger partial charge is 0.00675 e. The summed E-state index contributed by atoms with van der Waals surface area (Å²) in [6.45, 7) is 2.06. The van der Waals surface area contributed by atoms with Crippen molar-refractivity contribution in [2.45, 2.75) is 38.1 Å². The van der Waals surface area contributed by atoms with Gasteiger partial charge in [-0.3, -0.25) is 0 Å². The fraction of sp³-hybridized carbons (Fsp3) is 1.00. The molecule has 0 aromatic heterocycles. The van der Waals surface area contributed by atoms with Gasteiger partial charge < -0.3 is 11.1 Å². The Hall–Kier alpha value is -0.0800. The van der Waals surface area contributed by atoms with E-state index in [4.69, 9.17) is 5.73 Å². The van der Waals surface area contributed by atoms with Crippen LogP contribution in [0.2, 0.25) is 0 Å². The topological polar surface area (TPSA) is 38.0 Å². The summed E-state index contributed by atoms with van der Waals surface area (Å²) >= 11 is 0. The predicted molar refractivity (Wildman–Crippen MR) is 43.9 cm³/mol. The molecule has 2 nitrogen and oxygen atoms in total. The van der Waals surface area contributed by atoms with Crippen LogP contribution in [-0.4, -0.2) is 19.1 Å². The molecule has 1 aliphatic heterocycles. The van der Waals surface area contributed by atoms with E-state index in [1.54, 1.807) is 0 Å². The molecular weight excluding hydrogens is 124 g/mol.